The Kier molecular flexibility index (Phi) is 3.98. The minimum atomic E-state index is 0.187. The molecule has 0 radical (unpaired) electrons. The van der Waals surface area contributed by atoms with E-state index in [1.165, 1.54) is 4.70 Å². The highest BCUT2D eigenvalue weighted by molar-refractivity contribution is 7.18. The van der Waals surface area contributed by atoms with Gasteiger partial charge in [0.05, 0.1) is 34.5 Å². The Bertz CT molecular complexity index is 578. The van der Waals surface area contributed by atoms with Gasteiger partial charge < -0.3 is 9.64 Å². The van der Waals surface area contributed by atoms with Gasteiger partial charge in [-0.25, -0.2) is 4.98 Å². The molecule has 1 aliphatic rings. The molecule has 0 aliphatic carbocycles. The summed E-state index contributed by atoms with van der Waals surface area (Å²) in [4.78, 5) is 18.7. The van der Waals surface area contributed by atoms with Gasteiger partial charge in [-0.1, -0.05) is 12.1 Å². The van der Waals surface area contributed by atoms with Gasteiger partial charge in [0.1, 0.15) is 0 Å². The maximum Gasteiger partial charge on any atom is 0.223 e. The number of aryl methyl sites for hydroxylation is 1. The van der Waals surface area contributed by atoms with Gasteiger partial charge in [0, 0.05) is 19.4 Å². The molecule has 4 nitrogen and oxygen atoms in total. The highest BCUT2D eigenvalue weighted by Gasteiger charge is 2.23. The van der Waals surface area contributed by atoms with Crippen LogP contribution in [0.3, 0.4) is 0 Å². The van der Waals surface area contributed by atoms with Crippen LogP contribution in [0.4, 0.5) is 0 Å². The molecule has 0 unspecified atom stereocenters. The van der Waals surface area contributed by atoms with Crippen LogP contribution < -0.4 is 0 Å². The number of morpholine rings is 1. The predicted octanol–water partition coefficient (Wildman–Crippen LogP) is 2.48. The molecule has 0 N–H and O–H groups in total. The number of hydrogen-bond donors (Lipinski definition) is 0. The van der Waals surface area contributed by atoms with Crippen molar-refractivity contribution in [3.05, 3.63) is 29.3 Å². The van der Waals surface area contributed by atoms with E-state index in [2.05, 4.69) is 11.1 Å². The van der Waals surface area contributed by atoms with Crippen molar-refractivity contribution >= 4 is 27.5 Å². The van der Waals surface area contributed by atoms with Gasteiger partial charge in [-0.15, -0.1) is 11.3 Å². The third-order valence-electron chi connectivity index (χ3n) is 3.58. The van der Waals surface area contributed by atoms with Gasteiger partial charge in [0.25, 0.3) is 0 Å². The predicted molar refractivity (Wildman–Crippen MR) is 79.9 cm³/mol. The summed E-state index contributed by atoms with van der Waals surface area (Å²) in [6, 6.07) is 8.28. The molecule has 1 aromatic heterocycles. The van der Waals surface area contributed by atoms with E-state index in [9.17, 15) is 4.79 Å². The van der Waals surface area contributed by atoms with E-state index in [0.29, 0.717) is 26.2 Å². The van der Waals surface area contributed by atoms with Crippen LogP contribution in [0.25, 0.3) is 10.2 Å². The highest BCUT2D eigenvalue weighted by atomic mass is 32.1. The normalized spacial score (nSPS) is 19.4. The molecule has 2 aromatic rings. The van der Waals surface area contributed by atoms with Gasteiger partial charge in [0.2, 0.25) is 5.91 Å². The maximum atomic E-state index is 12.2. The molecule has 106 valence electrons. The zero-order chi connectivity index (χ0) is 13.9. The second-order valence-electron chi connectivity index (χ2n) is 5.09. The van der Waals surface area contributed by atoms with E-state index in [4.69, 9.17) is 4.74 Å². The molecule has 0 saturated carbocycles. The number of ether oxygens (including phenoxy) is 1. The molecule has 1 amide bonds. The molecule has 3 rings (SSSR count). The van der Waals surface area contributed by atoms with Crippen LogP contribution in [0, 0.1) is 0 Å². The number of carbonyl (C=O) groups excluding carboxylic acids is 1. The minimum Gasteiger partial charge on any atom is -0.377 e. The first-order valence-corrected chi connectivity index (χ1v) is 7.77. The first-order valence-electron chi connectivity index (χ1n) is 6.96. The average molecular weight is 290 g/mol. The summed E-state index contributed by atoms with van der Waals surface area (Å²) in [5.74, 6) is 0.208. The molecule has 1 atom stereocenters. The van der Waals surface area contributed by atoms with E-state index < -0.39 is 0 Å². The highest BCUT2D eigenvalue weighted by Crippen LogP contribution is 2.22. The standard InChI is InChI=1S/C15H18N2O2S/c1-11-10-19-9-8-17(11)15(18)7-6-14-16-12-4-2-3-5-13(12)20-14/h2-5,11H,6-10H2,1H3/t11-/m1/s1. The van der Waals surface area contributed by atoms with E-state index >= 15 is 0 Å². The van der Waals surface area contributed by atoms with Crippen LogP contribution in [-0.4, -0.2) is 41.6 Å². The minimum absolute atomic E-state index is 0.187. The molecule has 1 aromatic carbocycles. The number of thiazole rings is 1. The van der Waals surface area contributed by atoms with Crippen molar-refractivity contribution in [1.29, 1.82) is 0 Å². The summed E-state index contributed by atoms with van der Waals surface area (Å²) in [6.07, 6.45) is 1.26. The molecular weight excluding hydrogens is 272 g/mol. The molecular formula is C15H18N2O2S. The third kappa shape index (κ3) is 2.83. The van der Waals surface area contributed by atoms with Crippen LogP contribution in [0.1, 0.15) is 18.4 Å². The summed E-state index contributed by atoms with van der Waals surface area (Å²) in [5, 5.41) is 1.04. The largest absolute Gasteiger partial charge is 0.377 e. The Morgan fingerprint density at radius 3 is 3.15 bits per heavy atom. The average Bonchev–Trinajstić information content (AvgIpc) is 2.88. The third-order valence-corrected chi connectivity index (χ3v) is 4.68. The molecule has 20 heavy (non-hydrogen) atoms. The van der Waals surface area contributed by atoms with Crippen LogP contribution in [-0.2, 0) is 16.0 Å². The van der Waals surface area contributed by atoms with E-state index in [0.717, 1.165) is 16.9 Å². The van der Waals surface area contributed by atoms with Crippen LogP contribution >= 0.6 is 11.3 Å². The quantitative estimate of drug-likeness (QED) is 0.872. The molecule has 1 saturated heterocycles. The number of aromatic nitrogens is 1. The lowest BCUT2D eigenvalue weighted by Crippen LogP contribution is -2.47. The lowest BCUT2D eigenvalue weighted by atomic mass is 10.2. The van der Waals surface area contributed by atoms with Crippen molar-refractivity contribution in [3.8, 4) is 0 Å². The van der Waals surface area contributed by atoms with Gasteiger partial charge in [-0.2, -0.15) is 0 Å². The summed E-state index contributed by atoms with van der Waals surface area (Å²) < 4.78 is 6.55. The number of amides is 1. The first-order chi connectivity index (χ1) is 9.74. The second kappa shape index (κ2) is 5.89. The lowest BCUT2D eigenvalue weighted by Gasteiger charge is -2.33. The smallest absolute Gasteiger partial charge is 0.223 e. The number of carbonyl (C=O) groups is 1. The summed E-state index contributed by atoms with van der Waals surface area (Å²) in [7, 11) is 0. The van der Waals surface area contributed by atoms with Crippen molar-refractivity contribution < 1.29 is 9.53 Å². The summed E-state index contributed by atoms with van der Waals surface area (Å²) in [5.41, 5.74) is 1.03. The van der Waals surface area contributed by atoms with Gasteiger partial charge in [0.15, 0.2) is 0 Å². The van der Waals surface area contributed by atoms with Crippen molar-refractivity contribution in [2.75, 3.05) is 19.8 Å². The lowest BCUT2D eigenvalue weighted by molar-refractivity contribution is -0.139. The van der Waals surface area contributed by atoms with Crippen LogP contribution in [0.2, 0.25) is 0 Å². The summed E-state index contributed by atoms with van der Waals surface area (Å²) >= 11 is 1.68. The topological polar surface area (TPSA) is 42.4 Å². The Morgan fingerprint density at radius 2 is 2.35 bits per heavy atom. The fraction of sp³-hybridized carbons (Fsp3) is 0.467. The first kappa shape index (κ1) is 13.5. The zero-order valence-electron chi connectivity index (χ0n) is 11.5. The fourth-order valence-corrected chi connectivity index (χ4v) is 3.45. The van der Waals surface area contributed by atoms with Crippen LogP contribution in [0.5, 0.6) is 0 Å². The van der Waals surface area contributed by atoms with Gasteiger partial charge in [-0.3, -0.25) is 4.79 Å². The van der Waals surface area contributed by atoms with Gasteiger partial charge >= 0.3 is 0 Å². The van der Waals surface area contributed by atoms with E-state index in [1.807, 2.05) is 30.0 Å². The number of fused-ring (bicyclic) bond motifs is 1. The number of rotatable bonds is 3. The van der Waals surface area contributed by atoms with Crippen LogP contribution in [0.15, 0.2) is 24.3 Å². The second-order valence-corrected chi connectivity index (χ2v) is 6.20. The molecule has 0 spiro atoms. The number of benzene rings is 1. The van der Waals surface area contributed by atoms with Crippen molar-refractivity contribution in [2.24, 2.45) is 0 Å². The zero-order valence-corrected chi connectivity index (χ0v) is 12.4. The fourth-order valence-electron chi connectivity index (χ4n) is 2.48. The Hall–Kier alpha value is -1.46. The van der Waals surface area contributed by atoms with Crippen molar-refractivity contribution in [1.82, 2.24) is 9.88 Å². The monoisotopic (exact) mass is 290 g/mol. The molecule has 5 heteroatoms. The summed E-state index contributed by atoms with van der Waals surface area (Å²) in [6.45, 7) is 4.04. The molecule has 2 heterocycles. The Morgan fingerprint density at radius 1 is 1.50 bits per heavy atom. The number of para-hydroxylation sites is 1. The molecule has 0 bridgehead atoms. The Labute approximate surface area is 122 Å². The Balaban J connectivity index is 1.62. The van der Waals surface area contributed by atoms with Gasteiger partial charge in [-0.05, 0) is 19.1 Å². The maximum absolute atomic E-state index is 12.2. The van der Waals surface area contributed by atoms with E-state index in [-0.39, 0.29) is 11.9 Å². The molecule has 1 fully saturated rings. The van der Waals surface area contributed by atoms with E-state index in [1.54, 1.807) is 11.3 Å². The SMILES string of the molecule is C[C@@H]1COCCN1C(=O)CCc1nc2ccccc2s1. The van der Waals surface area contributed by atoms with Crippen molar-refractivity contribution in [2.45, 2.75) is 25.8 Å². The van der Waals surface area contributed by atoms with Crippen molar-refractivity contribution in [3.63, 3.8) is 0 Å². The number of hydrogen-bond acceptors (Lipinski definition) is 4. The number of nitrogens with zero attached hydrogens (tertiary/aromatic N) is 2. The molecule has 1 aliphatic heterocycles.